The van der Waals surface area contributed by atoms with Gasteiger partial charge in [0.25, 0.3) is 0 Å². The SMILES string of the molecule is CC(C)CCc1cnc2[nH][c]nc2c1. The van der Waals surface area contributed by atoms with Crippen LogP contribution >= 0.6 is 0 Å². The molecule has 2 rings (SSSR count). The van der Waals surface area contributed by atoms with Crippen molar-refractivity contribution in [3.8, 4) is 0 Å². The summed E-state index contributed by atoms with van der Waals surface area (Å²) in [7, 11) is 0. The molecule has 2 aromatic heterocycles. The second-order valence-electron chi connectivity index (χ2n) is 3.99. The van der Waals surface area contributed by atoms with Crippen molar-refractivity contribution in [2.45, 2.75) is 26.7 Å². The van der Waals surface area contributed by atoms with Gasteiger partial charge in [0.2, 0.25) is 0 Å². The van der Waals surface area contributed by atoms with Gasteiger partial charge in [0.05, 0.1) is 0 Å². The second-order valence-corrected chi connectivity index (χ2v) is 3.99. The predicted octanol–water partition coefficient (Wildman–Crippen LogP) is 2.35. The van der Waals surface area contributed by atoms with Crippen molar-refractivity contribution in [2.75, 3.05) is 0 Å². The highest BCUT2D eigenvalue weighted by molar-refractivity contribution is 5.69. The summed E-state index contributed by atoms with van der Waals surface area (Å²) in [5.41, 5.74) is 2.98. The normalized spacial score (nSPS) is 11.4. The minimum Gasteiger partial charge on any atom is -0.320 e. The van der Waals surface area contributed by atoms with Crippen LogP contribution < -0.4 is 0 Å². The van der Waals surface area contributed by atoms with Crippen LogP contribution in [-0.4, -0.2) is 15.0 Å². The maximum Gasteiger partial charge on any atom is 0.175 e. The number of imidazole rings is 1. The summed E-state index contributed by atoms with van der Waals surface area (Å²) in [6.45, 7) is 4.46. The zero-order chi connectivity index (χ0) is 9.97. The fraction of sp³-hybridized carbons (Fsp3) is 0.455. The van der Waals surface area contributed by atoms with Gasteiger partial charge in [-0.3, -0.25) is 0 Å². The predicted molar refractivity (Wildman–Crippen MR) is 55.9 cm³/mol. The Kier molecular flexibility index (Phi) is 2.48. The quantitative estimate of drug-likeness (QED) is 0.803. The Morgan fingerprint density at radius 3 is 3.14 bits per heavy atom. The molecule has 0 aliphatic rings. The number of pyridine rings is 1. The summed E-state index contributed by atoms with van der Waals surface area (Å²) in [6, 6.07) is 2.08. The molecular weight excluding hydrogens is 174 g/mol. The van der Waals surface area contributed by atoms with Crippen LogP contribution in [0.1, 0.15) is 25.8 Å². The van der Waals surface area contributed by atoms with Crippen molar-refractivity contribution in [3.05, 3.63) is 24.2 Å². The zero-order valence-corrected chi connectivity index (χ0v) is 8.54. The van der Waals surface area contributed by atoms with Crippen LogP contribution in [0.15, 0.2) is 12.3 Å². The number of hydrogen-bond donors (Lipinski definition) is 1. The average Bonchev–Trinajstić information content (AvgIpc) is 2.61. The van der Waals surface area contributed by atoms with E-state index in [0.717, 1.165) is 23.5 Å². The number of rotatable bonds is 3. The van der Waals surface area contributed by atoms with E-state index < -0.39 is 0 Å². The Morgan fingerprint density at radius 1 is 1.50 bits per heavy atom. The number of aryl methyl sites for hydroxylation is 1. The van der Waals surface area contributed by atoms with E-state index in [1.165, 1.54) is 12.0 Å². The number of hydrogen-bond acceptors (Lipinski definition) is 2. The van der Waals surface area contributed by atoms with Crippen molar-refractivity contribution >= 4 is 11.2 Å². The van der Waals surface area contributed by atoms with Crippen LogP contribution in [0.5, 0.6) is 0 Å². The largest absolute Gasteiger partial charge is 0.320 e. The van der Waals surface area contributed by atoms with Gasteiger partial charge in [0, 0.05) is 6.20 Å². The summed E-state index contributed by atoms with van der Waals surface area (Å²) in [5.74, 6) is 0.733. The highest BCUT2D eigenvalue weighted by Crippen LogP contribution is 2.12. The van der Waals surface area contributed by atoms with Crippen molar-refractivity contribution in [1.29, 1.82) is 0 Å². The van der Waals surface area contributed by atoms with Gasteiger partial charge < -0.3 is 4.98 Å². The third-order valence-electron chi connectivity index (χ3n) is 2.29. The van der Waals surface area contributed by atoms with E-state index in [1.807, 2.05) is 6.20 Å². The van der Waals surface area contributed by atoms with E-state index in [4.69, 9.17) is 0 Å². The van der Waals surface area contributed by atoms with Gasteiger partial charge in [0.15, 0.2) is 12.0 Å². The number of aromatic nitrogens is 3. The zero-order valence-electron chi connectivity index (χ0n) is 8.54. The Bertz CT molecular complexity index is 417. The Hall–Kier alpha value is -1.38. The van der Waals surface area contributed by atoms with Gasteiger partial charge in [-0.2, -0.15) is 0 Å². The standard InChI is InChI=1S/C11H14N3/c1-8(2)3-4-9-5-10-11(12-6-9)14-7-13-10/h5-6,8H,3-4H2,1-2H3,(H,12,13,14). The first-order valence-electron chi connectivity index (χ1n) is 4.96. The van der Waals surface area contributed by atoms with Gasteiger partial charge in [-0.1, -0.05) is 13.8 Å². The molecule has 1 N–H and O–H groups in total. The van der Waals surface area contributed by atoms with Crippen LogP contribution in [0, 0.1) is 12.2 Å². The molecule has 0 saturated heterocycles. The van der Waals surface area contributed by atoms with Crippen LogP contribution in [0.2, 0.25) is 0 Å². The minimum absolute atomic E-state index is 0.733. The fourth-order valence-corrected chi connectivity index (χ4v) is 1.41. The number of fused-ring (bicyclic) bond motifs is 1. The maximum atomic E-state index is 4.27. The maximum absolute atomic E-state index is 4.27. The van der Waals surface area contributed by atoms with E-state index >= 15 is 0 Å². The van der Waals surface area contributed by atoms with Crippen molar-refractivity contribution < 1.29 is 0 Å². The van der Waals surface area contributed by atoms with Gasteiger partial charge in [-0.05, 0) is 30.4 Å². The summed E-state index contributed by atoms with van der Waals surface area (Å²) < 4.78 is 0. The molecule has 0 saturated carbocycles. The van der Waals surface area contributed by atoms with Crippen LogP contribution in [0.3, 0.4) is 0 Å². The molecule has 0 fully saturated rings. The van der Waals surface area contributed by atoms with Crippen LogP contribution in [0.4, 0.5) is 0 Å². The molecule has 3 heteroatoms. The highest BCUT2D eigenvalue weighted by atomic mass is 14.9. The molecule has 0 aliphatic heterocycles. The van der Waals surface area contributed by atoms with Crippen molar-refractivity contribution in [2.24, 2.45) is 5.92 Å². The Balaban J connectivity index is 2.17. The average molecular weight is 188 g/mol. The topological polar surface area (TPSA) is 41.6 Å². The third-order valence-corrected chi connectivity index (χ3v) is 2.29. The summed E-state index contributed by atoms with van der Waals surface area (Å²) in [5, 5.41) is 0. The minimum atomic E-state index is 0.733. The number of aromatic amines is 1. The molecule has 0 aromatic carbocycles. The van der Waals surface area contributed by atoms with Gasteiger partial charge >= 0.3 is 0 Å². The molecule has 0 unspecified atom stereocenters. The van der Waals surface area contributed by atoms with Crippen molar-refractivity contribution in [3.63, 3.8) is 0 Å². The lowest BCUT2D eigenvalue weighted by molar-refractivity contribution is 0.586. The van der Waals surface area contributed by atoms with E-state index in [-0.39, 0.29) is 0 Å². The molecule has 2 heterocycles. The van der Waals surface area contributed by atoms with E-state index in [2.05, 4.69) is 41.2 Å². The first-order chi connectivity index (χ1) is 6.75. The van der Waals surface area contributed by atoms with Gasteiger partial charge in [0.1, 0.15) is 5.52 Å². The molecule has 0 aliphatic carbocycles. The lowest BCUT2D eigenvalue weighted by Crippen LogP contribution is -1.93. The molecule has 1 radical (unpaired) electrons. The molecule has 0 bridgehead atoms. The molecule has 0 spiro atoms. The monoisotopic (exact) mass is 188 g/mol. The second kappa shape index (κ2) is 3.78. The molecule has 0 atom stereocenters. The number of nitrogens with one attached hydrogen (secondary N) is 1. The molecule has 2 aromatic rings. The summed E-state index contributed by atoms with van der Waals surface area (Å²) in [6.07, 6.45) is 6.88. The smallest absolute Gasteiger partial charge is 0.175 e. The lowest BCUT2D eigenvalue weighted by atomic mass is 10.0. The van der Waals surface area contributed by atoms with Crippen molar-refractivity contribution in [1.82, 2.24) is 15.0 Å². The first kappa shape index (κ1) is 9.19. The molecular formula is C11H14N3. The number of H-pyrrole nitrogens is 1. The summed E-state index contributed by atoms with van der Waals surface area (Å²) >= 11 is 0. The molecule has 73 valence electrons. The third kappa shape index (κ3) is 1.92. The highest BCUT2D eigenvalue weighted by Gasteiger charge is 2.01. The Morgan fingerprint density at radius 2 is 2.36 bits per heavy atom. The first-order valence-corrected chi connectivity index (χ1v) is 4.96. The molecule has 3 nitrogen and oxygen atoms in total. The van der Waals surface area contributed by atoms with Gasteiger partial charge in [-0.15, -0.1) is 0 Å². The summed E-state index contributed by atoms with van der Waals surface area (Å²) in [4.78, 5) is 11.2. The molecule has 0 amide bonds. The lowest BCUT2D eigenvalue weighted by Gasteiger charge is -2.03. The van der Waals surface area contributed by atoms with E-state index in [1.54, 1.807) is 0 Å². The van der Waals surface area contributed by atoms with Crippen LogP contribution in [0.25, 0.3) is 11.2 Å². The van der Waals surface area contributed by atoms with E-state index in [0.29, 0.717) is 0 Å². The van der Waals surface area contributed by atoms with E-state index in [9.17, 15) is 0 Å². The number of nitrogens with zero attached hydrogens (tertiary/aromatic N) is 2. The Labute approximate surface area is 83.6 Å². The molecule has 14 heavy (non-hydrogen) atoms. The van der Waals surface area contributed by atoms with Crippen LogP contribution in [-0.2, 0) is 6.42 Å². The van der Waals surface area contributed by atoms with Gasteiger partial charge in [-0.25, -0.2) is 9.97 Å². The fourth-order valence-electron chi connectivity index (χ4n) is 1.41.